The lowest BCUT2D eigenvalue weighted by Gasteiger charge is -2.20. The SMILES string of the molecule is Cc1cc(C(C)(C)C)n2ncc(-c3ccccc3)c2n1. The minimum Gasteiger partial charge on any atom is -0.233 e. The Morgan fingerprint density at radius 1 is 1.05 bits per heavy atom. The van der Waals surface area contributed by atoms with Crippen LogP contribution in [0.25, 0.3) is 16.8 Å². The van der Waals surface area contributed by atoms with Gasteiger partial charge >= 0.3 is 0 Å². The van der Waals surface area contributed by atoms with Gasteiger partial charge in [-0.2, -0.15) is 5.10 Å². The molecule has 3 rings (SSSR count). The standard InChI is InChI=1S/C17H19N3/c1-12-10-15(17(2,3)4)20-16(19-12)14(11-18-20)13-8-6-5-7-9-13/h5-11H,1-4H3. The average molecular weight is 265 g/mol. The van der Waals surface area contributed by atoms with E-state index in [1.165, 1.54) is 5.69 Å². The van der Waals surface area contributed by atoms with Gasteiger partial charge in [0.15, 0.2) is 5.65 Å². The Hall–Kier alpha value is -2.16. The van der Waals surface area contributed by atoms with Crippen molar-refractivity contribution in [2.75, 3.05) is 0 Å². The largest absolute Gasteiger partial charge is 0.233 e. The second kappa shape index (κ2) is 4.44. The van der Waals surface area contributed by atoms with E-state index < -0.39 is 0 Å². The molecule has 1 aromatic carbocycles. The van der Waals surface area contributed by atoms with Crippen molar-refractivity contribution in [3.8, 4) is 11.1 Å². The highest BCUT2D eigenvalue weighted by atomic mass is 15.3. The summed E-state index contributed by atoms with van der Waals surface area (Å²) in [5.74, 6) is 0. The number of benzene rings is 1. The van der Waals surface area contributed by atoms with Crippen molar-refractivity contribution in [1.29, 1.82) is 0 Å². The molecule has 0 aliphatic carbocycles. The first-order valence-corrected chi connectivity index (χ1v) is 6.88. The zero-order valence-electron chi connectivity index (χ0n) is 12.4. The molecule has 0 aliphatic heterocycles. The molecule has 102 valence electrons. The van der Waals surface area contributed by atoms with Gasteiger partial charge in [0.1, 0.15) is 0 Å². The summed E-state index contributed by atoms with van der Waals surface area (Å²) >= 11 is 0. The number of rotatable bonds is 1. The third-order valence-electron chi connectivity index (χ3n) is 3.45. The fraction of sp³-hybridized carbons (Fsp3) is 0.294. The average Bonchev–Trinajstić information content (AvgIpc) is 2.81. The van der Waals surface area contributed by atoms with E-state index in [1.807, 2.05) is 35.8 Å². The maximum atomic E-state index is 4.69. The van der Waals surface area contributed by atoms with E-state index in [0.29, 0.717) is 0 Å². The summed E-state index contributed by atoms with van der Waals surface area (Å²) in [6.45, 7) is 8.64. The molecule has 0 saturated carbocycles. The van der Waals surface area contributed by atoms with E-state index in [0.717, 1.165) is 22.5 Å². The summed E-state index contributed by atoms with van der Waals surface area (Å²) in [6.07, 6.45) is 1.91. The molecule has 3 heteroatoms. The molecular formula is C17H19N3. The van der Waals surface area contributed by atoms with Crippen LogP contribution < -0.4 is 0 Å². The Bertz CT molecular complexity index is 749. The molecule has 0 radical (unpaired) electrons. The fourth-order valence-corrected chi connectivity index (χ4v) is 2.44. The Morgan fingerprint density at radius 2 is 1.75 bits per heavy atom. The quantitative estimate of drug-likeness (QED) is 0.665. The first-order valence-electron chi connectivity index (χ1n) is 6.88. The normalized spacial score (nSPS) is 12.0. The highest BCUT2D eigenvalue weighted by Crippen LogP contribution is 2.28. The van der Waals surface area contributed by atoms with Crippen molar-refractivity contribution in [3.05, 3.63) is 54.0 Å². The Balaban J connectivity index is 2.31. The zero-order chi connectivity index (χ0) is 14.3. The molecule has 0 atom stereocenters. The van der Waals surface area contributed by atoms with Gasteiger partial charge in [-0.3, -0.25) is 0 Å². The van der Waals surface area contributed by atoms with Crippen LogP contribution in [-0.2, 0) is 5.41 Å². The van der Waals surface area contributed by atoms with Crippen LogP contribution in [0.5, 0.6) is 0 Å². The minimum absolute atomic E-state index is 0.0337. The summed E-state index contributed by atoms with van der Waals surface area (Å²) in [4.78, 5) is 4.69. The van der Waals surface area contributed by atoms with Crippen molar-refractivity contribution < 1.29 is 0 Å². The molecule has 0 spiro atoms. The topological polar surface area (TPSA) is 30.2 Å². The second-order valence-electron chi connectivity index (χ2n) is 6.19. The predicted molar refractivity (Wildman–Crippen MR) is 81.9 cm³/mol. The molecule has 20 heavy (non-hydrogen) atoms. The fourth-order valence-electron chi connectivity index (χ4n) is 2.44. The van der Waals surface area contributed by atoms with Gasteiger partial charge in [-0.25, -0.2) is 9.50 Å². The van der Waals surface area contributed by atoms with Gasteiger partial charge in [0, 0.05) is 16.7 Å². The van der Waals surface area contributed by atoms with Gasteiger partial charge in [-0.05, 0) is 18.6 Å². The summed E-state index contributed by atoms with van der Waals surface area (Å²) < 4.78 is 1.97. The van der Waals surface area contributed by atoms with Gasteiger partial charge in [0.05, 0.1) is 11.9 Å². The molecule has 3 aromatic rings. The lowest BCUT2D eigenvalue weighted by molar-refractivity contribution is 0.545. The van der Waals surface area contributed by atoms with E-state index in [4.69, 9.17) is 0 Å². The van der Waals surface area contributed by atoms with Crippen molar-refractivity contribution in [2.45, 2.75) is 33.1 Å². The van der Waals surface area contributed by atoms with Gasteiger partial charge in [0.25, 0.3) is 0 Å². The first kappa shape index (κ1) is 12.9. The van der Waals surface area contributed by atoms with Gasteiger partial charge in [-0.15, -0.1) is 0 Å². The molecule has 0 saturated heterocycles. The summed E-state index contributed by atoms with van der Waals surface area (Å²) in [5, 5.41) is 4.56. The molecule has 2 aromatic heterocycles. The van der Waals surface area contributed by atoms with E-state index in [-0.39, 0.29) is 5.41 Å². The van der Waals surface area contributed by atoms with Gasteiger partial charge in [0.2, 0.25) is 0 Å². The number of hydrogen-bond acceptors (Lipinski definition) is 2. The lowest BCUT2D eigenvalue weighted by atomic mass is 9.91. The van der Waals surface area contributed by atoms with Crippen LogP contribution in [0.3, 0.4) is 0 Å². The highest BCUT2D eigenvalue weighted by molar-refractivity contribution is 5.77. The molecule has 3 nitrogen and oxygen atoms in total. The van der Waals surface area contributed by atoms with Crippen LogP contribution in [0.15, 0.2) is 42.6 Å². The lowest BCUT2D eigenvalue weighted by Crippen LogP contribution is -2.18. The van der Waals surface area contributed by atoms with Crippen molar-refractivity contribution in [1.82, 2.24) is 14.6 Å². The zero-order valence-corrected chi connectivity index (χ0v) is 12.4. The van der Waals surface area contributed by atoms with Gasteiger partial charge in [-0.1, -0.05) is 51.1 Å². The van der Waals surface area contributed by atoms with Crippen LogP contribution in [0.1, 0.15) is 32.2 Å². The molecule has 2 heterocycles. The number of nitrogens with zero attached hydrogens (tertiary/aromatic N) is 3. The number of fused-ring (bicyclic) bond motifs is 1. The third-order valence-corrected chi connectivity index (χ3v) is 3.45. The Kier molecular flexibility index (Phi) is 2.85. The van der Waals surface area contributed by atoms with E-state index >= 15 is 0 Å². The molecule has 0 amide bonds. The maximum Gasteiger partial charge on any atom is 0.163 e. The monoisotopic (exact) mass is 265 g/mol. The van der Waals surface area contributed by atoms with E-state index in [9.17, 15) is 0 Å². The van der Waals surface area contributed by atoms with Crippen molar-refractivity contribution in [2.24, 2.45) is 0 Å². The molecular weight excluding hydrogens is 246 g/mol. The maximum absolute atomic E-state index is 4.69. The smallest absolute Gasteiger partial charge is 0.163 e. The molecule has 0 aliphatic rings. The predicted octanol–water partition coefficient (Wildman–Crippen LogP) is 4.00. The van der Waals surface area contributed by atoms with E-state index in [2.05, 4.69) is 49.1 Å². The van der Waals surface area contributed by atoms with Crippen molar-refractivity contribution in [3.63, 3.8) is 0 Å². The number of aryl methyl sites for hydroxylation is 1. The summed E-state index contributed by atoms with van der Waals surface area (Å²) in [5.41, 5.74) is 5.41. The Labute approximate surface area is 119 Å². The summed E-state index contributed by atoms with van der Waals surface area (Å²) in [7, 11) is 0. The first-order chi connectivity index (χ1) is 9.47. The van der Waals surface area contributed by atoms with Gasteiger partial charge < -0.3 is 0 Å². The second-order valence-corrected chi connectivity index (χ2v) is 6.19. The molecule has 0 bridgehead atoms. The molecule has 0 unspecified atom stereocenters. The molecule has 0 fully saturated rings. The number of hydrogen-bond donors (Lipinski definition) is 0. The third kappa shape index (κ3) is 2.09. The van der Waals surface area contributed by atoms with Crippen LogP contribution in [0, 0.1) is 6.92 Å². The minimum atomic E-state index is 0.0337. The Morgan fingerprint density at radius 3 is 2.40 bits per heavy atom. The number of aromatic nitrogens is 3. The van der Waals surface area contributed by atoms with Crippen LogP contribution in [0.2, 0.25) is 0 Å². The van der Waals surface area contributed by atoms with Crippen LogP contribution >= 0.6 is 0 Å². The highest BCUT2D eigenvalue weighted by Gasteiger charge is 2.20. The van der Waals surface area contributed by atoms with Crippen LogP contribution in [0.4, 0.5) is 0 Å². The van der Waals surface area contributed by atoms with Crippen LogP contribution in [-0.4, -0.2) is 14.6 Å². The molecule has 0 N–H and O–H groups in total. The van der Waals surface area contributed by atoms with Crippen molar-refractivity contribution >= 4 is 5.65 Å². The summed E-state index contributed by atoms with van der Waals surface area (Å²) in [6, 6.07) is 12.4. The van der Waals surface area contributed by atoms with E-state index in [1.54, 1.807) is 0 Å².